The summed E-state index contributed by atoms with van der Waals surface area (Å²) in [5.41, 5.74) is 11.1. The van der Waals surface area contributed by atoms with E-state index in [1.165, 1.54) is 0 Å². The molecular formula is C9H17N7. The van der Waals surface area contributed by atoms with Crippen LogP contribution in [-0.2, 0) is 6.54 Å². The molecule has 2 heterocycles. The maximum Gasteiger partial charge on any atom is 0.225 e. The number of nitrogen functional groups attached to an aromatic ring is 2. The highest BCUT2D eigenvalue weighted by Crippen LogP contribution is 2.09. The van der Waals surface area contributed by atoms with Crippen LogP contribution in [0.1, 0.15) is 12.7 Å². The zero-order valence-electron chi connectivity index (χ0n) is 9.35. The first-order valence-electron chi connectivity index (χ1n) is 5.39. The Morgan fingerprint density at radius 2 is 1.88 bits per heavy atom. The van der Waals surface area contributed by atoms with Crippen molar-refractivity contribution in [3.63, 3.8) is 0 Å². The first kappa shape index (κ1) is 11.0. The summed E-state index contributed by atoms with van der Waals surface area (Å²) in [6, 6.07) is 0.559. The second-order valence-corrected chi connectivity index (χ2v) is 3.84. The van der Waals surface area contributed by atoms with Crippen LogP contribution in [0.25, 0.3) is 0 Å². The summed E-state index contributed by atoms with van der Waals surface area (Å²) < 4.78 is 0. The largest absolute Gasteiger partial charge is 0.368 e. The van der Waals surface area contributed by atoms with Gasteiger partial charge in [0.1, 0.15) is 5.82 Å². The summed E-state index contributed by atoms with van der Waals surface area (Å²) in [4.78, 5) is 14.2. The molecule has 0 aliphatic carbocycles. The van der Waals surface area contributed by atoms with Gasteiger partial charge in [-0.3, -0.25) is 4.90 Å². The molecule has 0 bridgehead atoms. The smallest absolute Gasteiger partial charge is 0.225 e. The van der Waals surface area contributed by atoms with E-state index in [4.69, 9.17) is 11.5 Å². The quantitative estimate of drug-likeness (QED) is 0.590. The molecule has 1 fully saturated rings. The molecule has 0 unspecified atom stereocenters. The van der Waals surface area contributed by atoms with Gasteiger partial charge in [-0.1, -0.05) is 6.92 Å². The molecule has 1 aromatic rings. The van der Waals surface area contributed by atoms with Gasteiger partial charge in [-0.05, 0) is 6.54 Å². The van der Waals surface area contributed by atoms with Gasteiger partial charge in [-0.15, -0.1) is 0 Å². The molecule has 88 valence electrons. The highest BCUT2D eigenvalue weighted by molar-refractivity contribution is 5.25. The number of hydrogen-bond donors (Lipinski definition) is 3. The minimum atomic E-state index is 0.185. The molecule has 0 saturated carbocycles. The summed E-state index contributed by atoms with van der Waals surface area (Å²) in [6.45, 7) is 5.78. The first-order valence-corrected chi connectivity index (χ1v) is 5.39. The number of anilines is 2. The van der Waals surface area contributed by atoms with Crippen LogP contribution in [0.15, 0.2) is 0 Å². The van der Waals surface area contributed by atoms with Crippen molar-refractivity contribution in [1.29, 1.82) is 0 Å². The van der Waals surface area contributed by atoms with Gasteiger partial charge in [-0.2, -0.15) is 15.0 Å². The second kappa shape index (κ2) is 4.58. The highest BCUT2D eigenvalue weighted by Gasteiger charge is 2.24. The Balaban J connectivity index is 2.05. The van der Waals surface area contributed by atoms with Crippen LogP contribution < -0.4 is 16.8 Å². The lowest BCUT2D eigenvalue weighted by molar-refractivity contribution is 0.142. The molecule has 5 N–H and O–H groups in total. The zero-order valence-corrected chi connectivity index (χ0v) is 9.35. The van der Waals surface area contributed by atoms with Gasteiger partial charge in [0.25, 0.3) is 0 Å². The van der Waals surface area contributed by atoms with Crippen LogP contribution in [-0.4, -0.2) is 45.5 Å². The van der Waals surface area contributed by atoms with Crippen LogP contribution in [0.3, 0.4) is 0 Å². The monoisotopic (exact) mass is 223 g/mol. The predicted molar refractivity (Wildman–Crippen MR) is 61.4 cm³/mol. The van der Waals surface area contributed by atoms with Crippen LogP contribution >= 0.6 is 0 Å². The third-order valence-electron chi connectivity index (χ3n) is 2.74. The van der Waals surface area contributed by atoms with E-state index in [-0.39, 0.29) is 11.9 Å². The molecule has 7 heteroatoms. The fraction of sp³-hybridized carbons (Fsp3) is 0.667. The van der Waals surface area contributed by atoms with Crippen molar-refractivity contribution in [2.45, 2.75) is 19.5 Å². The number of likely N-dealkylation sites (N-methyl/N-ethyl adjacent to an activating group) is 1. The van der Waals surface area contributed by atoms with E-state index < -0.39 is 0 Å². The maximum atomic E-state index is 5.53. The average Bonchev–Trinajstić information content (AvgIpc) is 2.12. The Kier molecular flexibility index (Phi) is 3.16. The third kappa shape index (κ3) is 2.37. The molecule has 1 aliphatic rings. The molecule has 0 amide bonds. The Bertz CT molecular complexity index is 343. The van der Waals surface area contributed by atoms with E-state index in [0.717, 1.165) is 19.6 Å². The Morgan fingerprint density at radius 3 is 2.31 bits per heavy atom. The van der Waals surface area contributed by atoms with Crippen LogP contribution in [0.2, 0.25) is 0 Å². The van der Waals surface area contributed by atoms with E-state index in [1.807, 2.05) is 0 Å². The number of aromatic nitrogens is 3. The molecule has 0 atom stereocenters. The van der Waals surface area contributed by atoms with Crippen LogP contribution in [0.5, 0.6) is 0 Å². The number of nitrogens with zero attached hydrogens (tertiary/aromatic N) is 4. The molecule has 0 spiro atoms. The lowest BCUT2D eigenvalue weighted by Gasteiger charge is -2.37. The molecule has 0 radical (unpaired) electrons. The van der Waals surface area contributed by atoms with Crippen molar-refractivity contribution in [2.75, 3.05) is 31.1 Å². The molecule has 7 nitrogen and oxygen atoms in total. The van der Waals surface area contributed by atoms with Crippen molar-refractivity contribution < 1.29 is 0 Å². The van der Waals surface area contributed by atoms with Crippen molar-refractivity contribution in [1.82, 2.24) is 25.2 Å². The van der Waals surface area contributed by atoms with Crippen molar-refractivity contribution in [3.05, 3.63) is 5.82 Å². The first-order chi connectivity index (χ1) is 7.69. The van der Waals surface area contributed by atoms with Crippen molar-refractivity contribution >= 4 is 11.9 Å². The topological polar surface area (TPSA) is 106 Å². The highest BCUT2D eigenvalue weighted by atomic mass is 15.3. The van der Waals surface area contributed by atoms with Gasteiger partial charge in [0, 0.05) is 19.1 Å². The Labute approximate surface area is 94.3 Å². The molecule has 1 aliphatic heterocycles. The Hall–Kier alpha value is -1.47. The number of nitrogens with one attached hydrogen (secondary N) is 1. The normalized spacial score (nSPS) is 16.4. The third-order valence-corrected chi connectivity index (χ3v) is 2.74. The number of rotatable bonds is 4. The molecule has 0 aromatic carbocycles. The predicted octanol–water partition coefficient (Wildman–Crippen LogP) is -1.17. The lowest BCUT2D eigenvalue weighted by atomic mass is 10.1. The Morgan fingerprint density at radius 1 is 1.25 bits per heavy atom. The van der Waals surface area contributed by atoms with E-state index in [0.29, 0.717) is 18.4 Å². The fourth-order valence-electron chi connectivity index (χ4n) is 1.74. The SMILES string of the molecule is CCN(Cc1nc(N)nc(N)n1)C1CNC1. The van der Waals surface area contributed by atoms with Crippen molar-refractivity contribution in [2.24, 2.45) is 0 Å². The van der Waals surface area contributed by atoms with Gasteiger partial charge in [-0.25, -0.2) is 0 Å². The van der Waals surface area contributed by atoms with Crippen LogP contribution in [0.4, 0.5) is 11.9 Å². The zero-order chi connectivity index (χ0) is 11.5. The summed E-state index contributed by atoms with van der Waals surface area (Å²) >= 11 is 0. The minimum Gasteiger partial charge on any atom is -0.368 e. The van der Waals surface area contributed by atoms with E-state index in [2.05, 4.69) is 32.1 Å². The average molecular weight is 223 g/mol. The fourth-order valence-corrected chi connectivity index (χ4v) is 1.74. The van der Waals surface area contributed by atoms with Crippen molar-refractivity contribution in [3.8, 4) is 0 Å². The van der Waals surface area contributed by atoms with Gasteiger partial charge in [0.05, 0.1) is 6.54 Å². The lowest BCUT2D eigenvalue weighted by Crippen LogP contribution is -2.56. The van der Waals surface area contributed by atoms with E-state index in [9.17, 15) is 0 Å². The summed E-state index contributed by atoms with van der Waals surface area (Å²) in [7, 11) is 0. The molecule has 1 aromatic heterocycles. The maximum absolute atomic E-state index is 5.53. The molecule has 16 heavy (non-hydrogen) atoms. The van der Waals surface area contributed by atoms with E-state index >= 15 is 0 Å². The number of hydrogen-bond acceptors (Lipinski definition) is 7. The second-order valence-electron chi connectivity index (χ2n) is 3.84. The van der Waals surface area contributed by atoms with Gasteiger partial charge < -0.3 is 16.8 Å². The molecule has 2 rings (SSSR count). The van der Waals surface area contributed by atoms with E-state index in [1.54, 1.807) is 0 Å². The standard InChI is InChI=1S/C9H17N7/c1-2-16(6-3-12-4-6)5-7-13-8(10)15-9(11)14-7/h6,12H,2-5H2,1H3,(H4,10,11,13,14,15). The summed E-state index contributed by atoms with van der Waals surface area (Å²) in [5.74, 6) is 1.01. The summed E-state index contributed by atoms with van der Waals surface area (Å²) in [6.07, 6.45) is 0. The molecule has 1 saturated heterocycles. The molecular weight excluding hydrogens is 206 g/mol. The minimum absolute atomic E-state index is 0.185. The van der Waals surface area contributed by atoms with Gasteiger partial charge >= 0.3 is 0 Å². The van der Waals surface area contributed by atoms with Crippen LogP contribution in [0, 0.1) is 0 Å². The number of nitrogens with two attached hydrogens (primary N) is 2. The van der Waals surface area contributed by atoms with Gasteiger partial charge in [0.2, 0.25) is 11.9 Å². The summed E-state index contributed by atoms with van der Waals surface area (Å²) in [5, 5.41) is 3.24. The van der Waals surface area contributed by atoms with Gasteiger partial charge in [0.15, 0.2) is 0 Å².